The van der Waals surface area contributed by atoms with Gasteiger partial charge in [0.1, 0.15) is 5.76 Å². The number of amides is 1. The molecule has 4 heteroatoms. The predicted molar refractivity (Wildman–Crippen MR) is 73.1 cm³/mol. The van der Waals surface area contributed by atoms with E-state index in [4.69, 9.17) is 4.42 Å². The normalized spacial score (nSPS) is 10.3. The number of benzene rings is 1. The Labute approximate surface area is 114 Å². The van der Waals surface area contributed by atoms with Gasteiger partial charge >= 0.3 is 0 Å². The lowest BCUT2D eigenvalue weighted by Gasteiger charge is -2.07. The number of nitrogens with one attached hydrogen (secondary N) is 1. The molecule has 1 heterocycles. The third kappa shape index (κ3) is 3.47. The van der Waals surface area contributed by atoms with Crippen LogP contribution < -0.4 is 5.32 Å². The monoisotopic (exact) mass is 307 g/mol. The zero-order valence-electron chi connectivity index (χ0n) is 10.1. The highest BCUT2D eigenvalue weighted by molar-refractivity contribution is 9.10. The van der Waals surface area contributed by atoms with Crippen LogP contribution in [0.5, 0.6) is 0 Å². The van der Waals surface area contributed by atoms with Crippen molar-refractivity contribution in [3.8, 4) is 0 Å². The summed E-state index contributed by atoms with van der Waals surface area (Å²) >= 11 is 3.41. The van der Waals surface area contributed by atoms with Crippen LogP contribution in [-0.4, -0.2) is 5.91 Å². The van der Waals surface area contributed by atoms with Crippen LogP contribution in [-0.2, 0) is 17.8 Å². The molecular weight excluding hydrogens is 294 g/mol. The zero-order valence-corrected chi connectivity index (χ0v) is 11.7. The van der Waals surface area contributed by atoms with Crippen LogP contribution in [0.15, 0.2) is 45.5 Å². The molecule has 0 saturated carbocycles. The summed E-state index contributed by atoms with van der Waals surface area (Å²) < 4.78 is 6.14. The summed E-state index contributed by atoms with van der Waals surface area (Å²) in [7, 11) is 0. The molecule has 1 N–H and O–H groups in total. The average Bonchev–Trinajstić information content (AvgIpc) is 2.84. The molecular formula is C14H14BrNO2. The molecule has 0 aliphatic carbocycles. The lowest BCUT2D eigenvalue weighted by atomic mass is 10.1. The molecule has 0 atom stereocenters. The number of hydrogen-bond acceptors (Lipinski definition) is 2. The van der Waals surface area contributed by atoms with Gasteiger partial charge in [-0.2, -0.15) is 0 Å². The average molecular weight is 308 g/mol. The van der Waals surface area contributed by atoms with Crippen LogP contribution in [0.3, 0.4) is 0 Å². The molecule has 1 aromatic carbocycles. The fraction of sp³-hybridized carbons (Fsp3) is 0.214. The van der Waals surface area contributed by atoms with Crippen molar-refractivity contribution in [1.29, 1.82) is 0 Å². The minimum absolute atomic E-state index is 0.00685. The highest BCUT2D eigenvalue weighted by Crippen LogP contribution is 2.16. The number of carbonyl (C=O) groups is 1. The minimum Gasteiger partial charge on any atom is -0.467 e. The third-order valence-electron chi connectivity index (χ3n) is 2.70. The lowest BCUT2D eigenvalue weighted by molar-refractivity contribution is -0.120. The van der Waals surface area contributed by atoms with E-state index < -0.39 is 0 Å². The molecule has 3 nitrogen and oxygen atoms in total. The Bertz CT molecular complexity index is 535. The van der Waals surface area contributed by atoms with Gasteiger partial charge < -0.3 is 9.73 Å². The number of aryl methyl sites for hydroxylation is 1. The number of rotatable bonds is 4. The molecule has 0 fully saturated rings. The molecule has 0 aliphatic heterocycles. The van der Waals surface area contributed by atoms with Gasteiger partial charge in [0.05, 0.1) is 19.2 Å². The first-order valence-electron chi connectivity index (χ1n) is 5.69. The standard InChI is InChI=1S/C14H14BrNO2/c1-10-4-5-12(15)7-11(10)8-14(17)16-9-13-3-2-6-18-13/h2-7H,8-9H2,1H3,(H,16,17). The van der Waals surface area contributed by atoms with Gasteiger partial charge in [-0.1, -0.05) is 22.0 Å². The molecule has 0 spiro atoms. The maximum absolute atomic E-state index is 11.8. The van der Waals surface area contributed by atoms with Crippen LogP contribution >= 0.6 is 15.9 Å². The number of furan rings is 1. The predicted octanol–water partition coefficient (Wildman–Crippen LogP) is 3.21. The number of carbonyl (C=O) groups excluding carboxylic acids is 1. The molecule has 2 aromatic rings. The fourth-order valence-corrected chi connectivity index (χ4v) is 2.07. The van der Waals surface area contributed by atoms with E-state index in [-0.39, 0.29) is 5.91 Å². The lowest BCUT2D eigenvalue weighted by Crippen LogP contribution is -2.24. The Morgan fingerprint density at radius 1 is 1.39 bits per heavy atom. The highest BCUT2D eigenvalue weighted by atomic mass is 79.9. The minimum atomic E-state index is -0.00685. The molecule has 0 radical (unpaired) electrons. The Morgan fingerprint density at radius 2 is 2.22 bits per heavy atom. The third-order valence-corrected chi connectivity index (χ3v) is 3.20. The van der Waals surface area contributed by atoms with Crippen molar-refractivity contribution in [3.05, 3.63) is 58.0 Å². The van der Waals surface area contributed by atoms with E-state index in [1.807, 2.05) is 31.2 Å². The van der Waals surface area contributed by atoms with Gasteiger partial charge in [0.2, 0.25) is 5.91 Å². The van der Waals surface area contributed by atoms with Crippen LogP contribution in [0.25, 0.3) is 0 Å². The van der Waals surface area contributed by atoms with Crippen LogP contribution in [0.2, 0.25) is 0 Å². The number of hydrogen-bond donors (Lipinski definition) is 1. The van der Waals surface area contributed by atoms with E-state index in [0.717, 1.165) is 21.4 Å². The number of halogens is 1. The van der Waals surface area contributed by atoms with E-state index in [1.165, 1.54) is 0 Å². The van der Waals surface area contributed by atoms with Gasteiger partial charge in [-0.05, 0) is 42.3 Å². The van der Waals surface area contributed by atoms with Crippen molar-refractivity contribution in [1.82, 2.24) is 5.32 Å². The molecule has 0 unspecified atom stereocenters. The summed E-state index contributed by atoms with van der Waals surface area (Å²) in [6.07, 6.45) is 1.98. The molecule has 0 bridgehead atoms. The molecule has 18 heavy (non-hydrogen) atoms. The summed E-state index contributed by atoms with van der Waals surface area (Å²) in [6, 6.07) is 9.59. The van der Waals surface area contributed by atoms with Gasteiger partial charge in [0.25, 0.3) is 0 Å². The van der Waals surface area contributed by atoms with E-state index in [2.05, 4.69) is 21.2 Å². The molecule has 2 rings (SSSR count). The van der Waals surface area contributed by atoms with Gasteiger partial charge in [-0.15, -0.1) is 0 Å². The quantitative estimate of drug-likeness (QED) is 0.942. The smallest absolute Gasteiger partial charge is 0.224 e. The maximum atomic E-state index is 11.8. The Hall–Kier alpha value is -1.55. The Kier molecular flexibility index (Phi) is 4.20. The Morgan fingerprint density at radius 3 is 2.94 bits per heavy atom. The van der Waals surface area contributed by atoms with Crippen molar-refractivity contribution < 1.29 is 9.21 Å². The SMILES string of the molecule is Cc1ccc(Br)cc1CC(=O)NCc1ccco1. The summed E-state index contributed by atoms with van der Waals surface area (Å²) in [6.45, 7) is 2.43. The van der Waals surface area contributed by atoms with Crippen molar-refractivity contribution in [2.45, 2.75) is 19.9 Å². The zero-order chi connectivity index (χ0) is 13.0. The van der Waals surface area contributed by atoms with Crippen LogP contribution in [0.4, 0.5) is 0 Å². The van der Waals surface area contributed by atoms with E-state index in [1.54, 1.807) is 12.3 Å². The summed E-state index contributed by atoms with van der Waals surface area (Å²) in [4.78, 5) is 11.8. The largest absolute Gasteiger partial charge is 0.467 e. The topological polar surface area (TPSA) is 42.2 Å². The maximum Gasteiger partial charge on any atom is 0.224 e. The van der Waals surface area contributed by atoms with Crippen LogP contribution in [0.1, 0.15) is 16.9 Å². The molecule has 1 amide bonds. The second-order valence-electron chi connectivity index (χ2n) is 4.10. The van der Waals surface area contributed by atoms with E-state index in [9.17, 15) is 4.79 Å². The molecule has 0 aliphatic rings. The van der Waals surface area contributed by atoms with Gasteiger partial charge in [-0.3, -0.25) is 4.79 Å². The Balaban J connectivity index is 1.92. The molecule has 0 saturated heterocycles. The van der Waals surface area contributed by atoms with Crippen molar-refractivity contribution in [3.63, 3.8) is 0 Å². The summed E-state index contributed by atoms with van der Waals surface area (Å²) in [5.41, 5.74) is 2.15. The highest BCUT2D eigenvalue weighted by Gasteiger charge is 2.07. The van der Waals surface area contributed by atoms with Gasteiger partial charge in [0.15, 0.2) is 0 Å². The second-order valence-corrected chi connectivity index (χ2v) is 5.02. The van der Waals surface area contributed by atoms with Crippen molar-refractivity contribution in [2.24, 2.45) is 0 Å². The van der Waals surface area contributed by atoms with Crippen molar-refractivity contribution in [2.75, 3.05) is 0 Å². The van der Waals surface area contributed by atoms with Crippen LogP contribution in [0, 0.1) is 6.92 Å². The first kappa shape index (κ1) is 12.9. The first-order valence-corrected chi connectivity index (χ1v) is 6.48. The van der Waals surface area contributed by atoms with E-state index >= 15 is 0 Å². The molecule has 94 valence electrons. The summed E-state index contributed by atoms with van der Waals surface area (Å²) in [5.74, 6) is 0.752. The van der Waals surface area contributed by atoms with Gasteiger partial charge in [0, 0.05) is 4.47 Å². The molecule has 1 aromatic heterocycles. The second kappa shape index (κ2) is 5.87. The van der Waals surface area contributed by atoms with Gasteiger partial charge in [-0.25, -0.2) is 0 Å². The fourth-order valence-electron chi connectivity index (χ4n) is 1.66. The van der Waals surface area contributed by atoms with Crippen molar-refractivity contribution >= 4 is 21.8 Å². The summed E-state index contributed by atoms with van der Waals surface area (Å²) in [5, 5.41) is 2.83. The van der Waals surface area contributed by atoms with E-state index in [0.29, 0.717) is 13.0 Å². The first-order chi connectivity index (χ1) is 8.65.